The Balaban J connectivity index is 1.54. The number of rotatable bonds is 5. The number of nitrogens with zero attached hydrogens (tertiary/aromatic N) is 2. The van der Waals surface area contributed by atoms with E-state index in [-0.39, 0.29) is 30.4 Å². The summed E-state index contributed by atoms with van der Waals surface area (Å²) in [5, 5.41) is 9.21. The Kier molecular flexibility index (Phi) is 5.16. The first-order valence-corrected chi connectivity index (χ1v) is 9.17. The van der Waals surface area contributed by atoms with Crippen molar-refractivity contribution in [1.29, 1.82) is 0 Å². The minimum Gasteiger partial charge on any atom is -0.350 e. The molecule has 4 rings (SSSR count). The van der Waals surface area contributed by atoms with Crippen molar-refractivity contribution in [2.75, 3.05) is 0 Å². The van der Waals surface area contributed by atoms with Crippen molar-refractivity contribution >= 4 is 16.7 Å². The van der Waals surface area contributed by atoms with Gasteiger partial charge in [-0.3, -0.25) is 9.59 Å². The van der Waals surface area contributed by atoms with Crippen molar-refractivity contribution in [3.05, 3.63) is 101 Å². The number of halogens is 1. The van der Waals surface area contributed by atoms with Crippen molar-refractivity contribution in [3.63, 3.8) is 0 Å². The number of aromatic nitrogens is 2. The fourth-order valence-corrected chi connectivity index (χ4v) is 3.15. The molecule has 6 heteroatoms. The Morgan fingerprint density at radius 2 is 1.69 bits per heavy atom. The summed E-state index contributed by atoms with van der Waals surface area (Å²) in [5.74, 6) is -0.680. The second kappa shape index (κ2) is 8.06. The van der Waals surface area contributed by atoms with Gasteiger partial charge in [-0.15, -0.1) is 0 Å². The van der Waals surface area contributed by atoms with Crippen molar-refractivity contribution in [2.45, 2.75) is 13.1 Å². The van der Waals surface area contributed by atoms with Gasteiger partial charge < -0.3 is 5.32 Å². The molecule has 1 N–H and O–H groups in total. The smallest absolute Gasteiger partial charge is 0.267 e. The minimum absolute atomic E-state index is 0.196. The highest BCUT2D eigenvalue weighted by Crippen LogP contribution is 2.26. The van der Waals surface area contributed by atoms with Crippen LogP contribution in [0.15, 0.2) is 83.7 Å². The molecule has 1 heterocycles. The molecule has 3 aromatic carbocycles. The van der Waals surface area contributed by atoms with E-state index in [0.717, 1.165) is 26.6 Å². The monoisotopic (exact) mass is 387 g/mol. The van der Waals surface area contributed by atoms with Gasteiger partial charge >= 0.3 is 0 Å². The second-order valence-electron chi connectivity index (χ2n) is 6.64. The molecule has 29 heavy (non-hydrogen) atoms. The summed E-state index contributed by atoms with van der Waals surface area (Å²) in [4.78, 5) is 24.5. The maximum atomic E-state index is 13.0. The van der Waals surface area contributed by atoms with Crippen LogP contribution in [0.25, 0.3) is 22.0 Å². The van der Waals surface area contributed by atoms with E-state index in [1.54, 1.807) is 18.2 Å². The molecule has 144 valence electrons. The topological polar surface area (TPSA) is 64.0 Å². The van der Waals surface area contributed by atoms with Crippen LogP contribution in [0.4, 0.5) is 4.39 Å². The number of hydrogen-bond acceptors (Lipinski definition) is 3. The fraction of sp³-hybridized carbons (Fsp3) is 0.0870. The van der Waals surface area contributed by atoms with Gasteiger partial charge in [0.15, 0.2) is 0 Å². The van der Waals surface area contributed by atoms with Crippen LogP contribution in [0.5, 0.6) is 0 Å². The fourth-order valence-electron chi connectivity index (χ4n) is 3.15. The first-order valence-electron chi connectivity index (χ1n) is 9.17. The summed E-state index contributed by atoms with van der Waals surface area (Å²) in [7, 11) is 0. The van der Waals surface area contributed by atoms with Crippen molar-refractivity contribution < 1.29 is 9.18 Å². The maximum Gasteiger partial charge on any atom is 0.267 e. The van der Waals surface area contributed by atoms with E-state index in [1.165, 1.54) is 18.2 Å². The number of carbonyl (C=O) groups is 1. The zero-order valence-electron chi connectivity index (χ0n) is 15.5. The number of hydrogen-bond donors (Lipinski definition) is 1. The van der Waals surface area contributed by atoms with Gasteiger partial charge in [0.25, 0.3) is 5.56 Å². The SMILES string of the molecule is O=C(Cn1nc(-c2cccc3ccccc23)ccc1=O)NCc1ccc(F)cc1. The third kappa shape index (κ3) is 4.21. The van der Waals surface area contributed by atoms with Gasteiger partial charge in [-0.05, 0) is 34.5 Å². The van der Waals surface area contributed by atoms with E-state index in [0.29, 0.717) is 5.69 Å². The van der Waals surface area contributed by atoms with E-state index in [4.69, 9.17) is 0 Å². The predicted octanol–water partition coefficient (Wildman–Crippen LogP) is 3.52. The lowest BCUT2D eigenvalue weighted by Gasteiger charge is -2.10. The Hall–Kier alpha value is -3.80. The van der Waals surface area contributed by atoms with Crippen LogP contribution in [-0.4, -0.2) is 15.7 Å². The third-order valence-electron chi connectivity index (χ3n) is 4.63. The molecule has 0 bridgehead atoms. The summed E-state index contributed by atoms with van der Waals surface area (Å²) in [6.45, 7) is 0.0511. The quantitative estimate of drug-likeness (QED) is 0.570. The number of fused-ring (bicyclic) bond motifs is 1. The zero-order chi connectivity index (χ0) is 20.2. The molecule has 5 nitrogen and oxygen atoms in total. The number of benzene rings is 3. The Morgan fingerprint density at radius 3 is 2.52 bits per heavy atom. The summed E-state index contributed by atoms with van der Waals surface area (Å²) >= 11 is 0. The van der Waals surface area contributed by atoms with Gasteiger partial charge in [0.1, 0.15) is 12.4 Å². The Bertz CT molecular complexity index is 1230. The van der Waals surface area contributed by atoms with Gasteiger partial charge in [-0.25, -0.2) is 9.07 Å². The standard InChI is InChI=1S/C23H18FN3O2/c24-18-10-8-16(9-11-18)14-25-22(28)15-27-23(29)13-12-21(26-27)20-7-3-5-17-4-1-2-6-19(17)20/h1-13H,14-15H2,(H,25,28). The highest BCUT2D eigenvalue weighted by atomic mass is 19.1. The molecular formula is C23H18FN3O2. The molecule has 1 aromatic heterocycles. The summed E-state index contributed by atoms with van der Waals surface area (Å²) in [6.07, 6.45) is 0. The minimum atomic E-state index is -0.356. The van der Waals surface area contributed by atoms with Gasteiger partial charge in [-0.1, -0.05) is 54.6 Å². The highest BCUT2D eigenvalue weighted by molar-refractivity contribution is 5.95. The summed E-state index contributed by atoms with van der Waals surface area (Å²) < 4.78 is 14.1. The van der Waals surface area contributed by atoms with Gasteiger partial charge in [0.05, 0.1) is 5.69 Å². The predicted molar refractivity (Wildman–Crippen MR) is 110 cm³/mol. The van der Waals surface area contributed by atoms with Crippen LogP contribution >= 0.6 is 0 Å². The van der Waals surface area contributed by atoms with Crippen LogP contribution < -0.4 is 10.9 Å². The van der Waals surface area contributed by atoms with Crippen LogP contribution in [0.3, 0.4) is 0 Å². The molecule has 0 radical (unpaired) electrons. The first-order chi connectivity index (χ1) is 14.1. The van der Waals surface area contributed by atoms with Gasteiger partial charge in [-0.2, -0.15) is 5.10 Å². The van der Waals surface area contributed by atoms with Crippen molar-refractivity contribution in [3.8, 4) is 11.3 Å². The first kappa shape index (κ1) is 18.6. The van der Waals surface area contributed by atoms with Crippen molar-refractivity contribution in [1.82, 2.24) is 15.1 Å². The largest absolute Gasteiger partial charge is 0.350 e. The molecule has 4 aromatic rings. The molecule has 0 aliphatic rings. The molecule has 0 fully saturated rings. The Morgan fingerprint density at radius 1 is 0.931 bits per heavy atom. The van der Waals surface area contributed by atoms with Crippen LogP contribution in [-0.2, 0) is 17.9 Å². The average molecular weight is 387 g/mol. The molecule has 0 saturated heterocycles. The average Bonchev–Trinajstić information content (AvgIpc) is 2.74. The summed E-state index contributed by atoms with van der Waals surface area (Å²) in [6, 6.07) is 22.8. The van der Waals surface area contributed by atoms with E-state index >= 15 is 0 Å². The lowest BCUT2D eigenvalue weighted by molar-refractivity contribution is -0.122. The molecule has 0 unspecified atom stereocenters. The summed E-state index contributed by atoms with van der Waals surface area (Å²) in [5.41, 5.74) is 1.92. The normalized spacial score (nSPS) is 10.8. The third-order valence-corrected chi connectivity index (χ3v) is 4.63. The molecule has 0 aliphatic carbocycles. The molecule has 0 saturated carbocycles. The number of amides is 1. The Labute approximate surface area is 166 Å². The zero-order valence-corrected chi connectivity index (χ0v) is 15.5. The second-order valence-corrected chi connectivity index (χ2v) is 6.64. The van der Waals surface area contributed by atoms with E-state index in [1.807, 2.05) is 42.5 Å². The van der Waals surface area contributed by atoms with Crippen LogP contribution in [0.2, 0.25) is 0 Å². The van der Waals surface area contributed by atoms with E-state index < -0.39 is 0 Å². The van der Waals surface area contributed by atoms with Gasteiger partial charge in [0.2, 0.25) is 5.91 Å². The van der Waals surface area contributed by atoms with E-state index in [9.17, 15) is 14.0 Å². The lowest BCUT2D eigenvalue weighted by Crippen LogP contribution is -2.33. The highest BCUT2D eigenvalue weighted by Gasteiger charge is 2.10. The molecular weight excluding hydrogens is 369 g/mol. The molecule has 0 spiro atoms. The number of carbonyl (C=O) groups excluding carboxylic acids is 1. The van der Waals surface area contributed by atoms with E-state index in [2.05, 4.69) is 10.4 Å². The van der Waals surface area contributed by atoms with Gasteiger partial charge in [0, 0.05) is 18.2 Å². The van der Waals surface area contributed by atoms with Crippen LogP contribution in [0.1, 0.15) is 5.56 Å². The van der Waals surface area contributed by atoms with Crippen molar-refractivity contribution in [2.24, 2.45) is 0 Å². The molecule has 0 atom stereocenters. The molecule has 0 aliphatic heterocycles. The number of nitrogens with one attached hydrogen (secondary N) is 1. The van der Waals surface area contributed by atoms with Crippen LogP contribution in [0, 0.1) is 5.82 Å². The lowest BCUT2D eigenvalue weighted by atomic mass is 10.0. The molecule has 1 amide bonds. The maximum absolute atomic E-state index is 13.0.